The van der Waals surface area contributed by atoms with Crippen molar-refractivity contribution in [1.82, 2.24) is 0 Å². The van der Waals surface area contributed by atoms with E-state index in [2.05, 4.69) is 5.32 Å². The van der Waals surface area contributed by atoms with Crippen LogP contribution in [0.4, 0.5) is 5.69 Å². The first kappa shape index (κ1) is 11.7. The highest BCUT2D eigenvalue weighted by Gasteiger charge is 2.10. The molecule has 2 rings (SSSR count). The Kier molecular flexibility index (Phi) is 3.44. The Morgan fingerprint density at radius 3 is 2.76 bits per heavy atom. The maximum absolute atomic E-state index is 11.9. The molecule has 0 unspecified atom stereocenters. The lowest BCUT2D eigenvalue weighted by Crippen LogP contribution is -2.10. The van der Waals surface area contributed by atoms with Crippen LogP contribution in [-0.2, 0) is 0 Å². The third kappa shape index (κ3) is 2.65. The van der Waals surface area contributed by atoms with Gasteiger partial charge in [0.2, 0.25) is 0 Å². The maximum Gasteiger partial charge on any atom is 0.265 e. The van der Waals surface area contributed by atoms with Crippen molar-refractivity contribution in [2.24, 2.45) is 0 Å². The van der Waals surface area contributed by atoms with E-state index in [1.165, 1.54) is 11.3 Å². The Morgan fingerprint density at radius 1 is 1.35 bits per heavy atom. The van der Waals surface area contributed by atoms with Crippen molar-refractivity contribution in [3.8, 4) is 5.75 Å². The predicted molar refractivity (Wildman–Crippen MR) is 70.0 cm³/mol. The average molecular weight is 247 g/mol. The van der Waals surface area contributed by atoms with Gasteiger partial charge in [-0.05, 0) is 36.1 Å². The molecule has 0 aliphatic rings. The van der Waals surface area contributed by atoms with Gasteiger partial charge in [0.15, 0.2) is 0 Å². The third-order valence-electron chi connectivity index (χ3n) is 2.31. The number of nitrogens with one attached hydrogen (secondary N) is 1. The number of carbonyl (C=O) groups is 1. The number of amides is 1. The van der Waals surface area contributed by atoms with Crippen LogP contribution in [0.1, 0.15) is 15.2 Å². The van der Waals surface area contributed by atoms with Crippen molar-refractivity contribution in [3.05, 3.63) is 46.2 Å². The number of para-hydroxylation sites is 2. The van der Waals surface area contributed by atoms with Gasteiger partial charge in [-0.2, -0.15) is 0 Å². The fourth-order valence-corrected chi connectivity index (χ4v) is 2.28. The molecule has 1 amide bonds. The fourth-order valence-electron chi connectivity index (χ4n) is 1.48. The van der Waals surface area contributed by atoms with Gasteiger partial charge in [0, 0.05) is 0 Å². The Morgan fingerprint density at radius 2 is 2.12 bits per heavy atom. The summed E-state index contributed by atoms with van der Waals surface area (Å²) in [5.41, 5.74) is 1.78. The molecule has 1 N–H and O–H groups in total. The van der Waals surface area contributed by atoms with E-state index < -0.39 is 0 Å². The predicted octanol–water partition coefficient (Wildman–Crippen LogP) is 3.32. The van der Waals surface area contributed by atoms with E-state index in [-0.39, 0.29) is 5.91 Å². The highest BCUT2D eigenvalue weighted by molar-refractivity contribution is 7.12. The minimum Gasteiger partial charge on any atom is -0.495 e. The number of anilines is 1. The van der Waals surface area contributed by atoms with Crippen LogP contribution in [0.2, 0.25) is 0 Å². The van der Waals surface area contributed by atoms with E-state index in [1.54, 1.807) is 7.11 Å². The van der Waals surface area contributed by atoms with E-state index in [0.29, 0.717) is 16.3 Å². The van der Waals surface area contributed by atoms with Crippen LogP contribution in [0.3, 0.4) is 0 Å². The summed E-state index contributed by atoms with van der Waals surface area (Å²) >= 11 is 1.44. The van der Waals surface area contributed by atoms with Crippen LogP contribution in [-0.4, -0.2) is 13.0 Å². The Labute approximate surface area is 104 Å². The number of methoxy groups -OCH3 is 1. The first-order valence-electron chi connectivity index (χ1n) is 5.20. The molecule has 0 radical (unpaired) electrons. The average Bonchev–Trinajstić information content (AvgIpc) is 2.77. The third-order valence-corrected chi connectivity index (χ3v) is 3.36. The van der Waals surface area contributed by atoms with Crippen molar-refractivity contribution in [1.29, 1.82) is 0 Å². The van der Waals surface area contributed by atoms with E-state index >= 15 is 0 Å². The van der Waals surface area contributed by atoms with Crippen LogP contribution in [0.5, 0.6) is 5.75 Å². The Bertz CT molecular complexity index is 534. The molecule has 1 aromatic heterocycles. The van der Waals surface area contributed by atoms with Crippen molar-refractivity contribution in [3.63, 3.8) is 0 Å². The number of carbonyl (C=O) groups excluding carboxylic acids is 1. The molecule has 0 aliphatic heterocycles. The van der Waals surface area contributed by atoms with E-state index in [0.717, 1.165) is 5.56 Å². The first-order valence-corrected chi connectivity index (χ1v) is 6.08. The second kappa shape index (κ2) is 5.01. The van der Waals surface area contributed by atoms with Gasteiger partial charge in [-0.3, -0.25) is 4.79 Å². The lowest BCUT2D eigenvalue weighted by atomic mass is 10.3. The van der Waals surface area contributed by atoms with Crippen LogP contribution >= 0.6 is 11.3 Å². The highest BCUT2D eigenvalue weighted by Crippen LogP contribution is 2.24. The van der Waals surface area contributed by atoms with Crippen molar-refractivity contribution in [2.45, 2.75) is 6.92 Å². The van der Waals surface area contributed by atoms with E-state index in [1.807, 2.05) is 42.6 Å². The standard InChI is InChI=1S/C13H13NO2S/c1-9-7-12(17-8-9)13(15)14-10-5-3-4-6-11(10)16-2/h3-8H,1-2H3,(H,14,15). The highest BCUT2D eigenvalue weighted by atomic mass is 32.1. The van der Waals surface area contributed by atoms with Gasteiger partial charge in [0.25, 0.3) is 5.91 Å². The van der Waals surface area contributed by atoms with Gasteiger partial charge in [-0.25, -0.2) is 0 Å². The minimum atomic E-state index is -0.104. The lowest BCUT2D eigenvalue weighted by Gasteiger charge is -2.08. The number of hydrogen-bond acceptors (Lipinski definition) is 3. The molecule has 4 heteroatoms. The molecule has 88 valence electrons. The molecular weight excluding hydrogens is 234 g/mol. The number of thiophene rings is 1. The van der Waals surface area contributed by atoms with Crippen molar-refractivity contribution < 1.29 is 9.53 Å². The molecule has 0 saturated carbocycles. The monoisotopic (exact) mass is 247 g/mol. The number of aryl methyl sites for hydroxylation is 1. The van der Waals surface area contributed by atoms with Crippen molar-refractivity contribution in [2.75, 3.05) is 12.4 Å². The summed E-state index contributed by atoms with van der Waals surface area (Å²) in [4.78, 5) is 12.6. The molecule has 0 saturated heterocycles. The number of hydrogen-bond donors (Lipinski definition) is 1. The van der Waals surface area contributed by atoms with Gasteiger partial charge >= 0.3 is 0 Å². The summed E-state index contributed by atoms with van der Waals surface area (Å²) < 4.78 is 5.18. The molecule has 1 heterocycles. The zero-order valence-corrected chi connectivity index (χ0v) is 10.5. The number of ether oxygens (including phenoxy) is 1. The second-order valence-corrected chi connectivity index (χ2v) is 4.55. The molecule has 0 bridgehead atoms. The zero-order chi connectivity index (χ0) is 12.3. The normalized spacial score (nSPS) is 10.0. The second-order valence-electron chi connectivity index (χ2n) is 3.64. The van der Waals surface area contributed by atoms with Gasteiger partial charge in [-0.15, -0.1) is 11.3 Å². The number of rotatable bonds is 3. The summed E-state index contributed by atoms with van der Waals surface area (Å²) in [7, 11) is 1.58. The summed E-state index contributed by atoms with van der Waals surface area (Å²) in [6, 6.07) is 9.23. The topological polar surface area (TPSA) is 38.3 Å². The first-order chi connectivity index (χ1) is 8.20. The van der Waals surface area contributed by atoms with Crippen LogP contribution in [0, 0.1) is 6.92 Å². The smallest absolute Gasteiger partial charge is 0.265 e. The quantitative estimate of drug-likeness (QED) is 0.903. The van der Waals surface area contributed by atoms with Gasteiger partial charge in [0.05, 0.1) is 17.7 Å². The van der Waals surface area contributed by atoms with Gasteiger partial charge < -0.3 is 10.1 Å². The largest absolute Gasteiger partial charge is 0.495 e. The minimum absolute atomic E-state index is 0.104. The Balaban J connectivity index is 2.18. The van der Waals surface area contributed by atoms with E-state index in [4.69, 9.17) is 4.74 Å². The molecule has 1 aromatic carbocycles. The molecule has 0 aliphatic carbocycles. The summed E-state index contributed by atoms with van der Waals surface area (Å²) in [6.07, 6.45) is 0. The molecule has 3 nitrogen and oxygen atoms in total. The Hall–Kier alpha value is -1.81. The summed E-state index contributed by atoms with van der Waals surface area (Å²) in [6.45, 7) is 1.97. The van der Waals surface area contributed by atoms with Crippen LogP contribution in [0.25, 0.3) is 0 Å². The molecule has 0 fully saturated rings. The number of benzene rings is 1. The molecule has 2 aromatic rings. The molecule has 0 atom stereocenters. The summed E-state index contributed by atoms with van der Waals surface area (Å²) in [5, 5.41) is 4.79. The van der Waals surface area contributed by atoms with Gasteiger partial charge in [-0.1, -0.05) is 12.1 Å². The lowest BCUT2D eigenvalue weighted by molar-refractivity contribution is 0.103. The maximum atomic E-state index is 11.9. The summed E-state index contributed by atoms with van der Waals surface area (Å²) in [5.74, 6) is 0.557. The van der Waals surface area contributed by atoms with E-state index in [9.17, 15) is 4.79 Å². The molecular formula is C13H13NO2S. The molecule has 17 heavy (non-hydrogen) atoms. The molecule has 0 spiro atoms. The zero-order valence-electron chi connectivity index (χ0n) is 9.69. The SMILES string of the molecule is COc1ccccc1NC(=O)c1cc(C)cs1. The van der Waals surface area contributed by atoms with Crippen LogP contribution in [0.15, 0.2) is 35.7 Å². The van der Waals surface area contributed by atoms with Gasteiger partial charge in [0.1, 0.15) is 5.75 Å². The fraction of sp³-hybridized carbons (Fsp3) is 0.154. The van der Waals surface area contributed by atoms with Crippen molar-refractivity contribution >= 4 is 22.9 Å². The van der Waals surface area contributed by atoms with Crippen LogP contribution < -0.4 is 10.1 Å².